The first kappa shape index (κ1) is 15.9. The summed E-state index contributed by atoms with van der Waals surface area (Å²) in [7, 11) is 0. The topological polar surface area (TPSA) is 29.3 Å². The fourth-order valence-corrected chi connectivity index (χ4v) is 1.84. The van der Waals surface area contributed by atoms with Crippen LogP contribution in [0.5, 0.6) is 0 Å². The molecule has 0 saturated carbocycles. The number of rotatable bonds is 10. The number of nitrogens with two attached hydrogens (primary N) is 1. The Balaban J connectivity index is 3.96. The normalized spacial score (nSPS) is 15.4. The Kier molecular flexibility index (Phi) is 10.0. The first-order valence-corrected chi connectivity index (χ1v) is 7.13. The van der Waals surface area contributed by atoms with E-state index in [1.165, 1.54) is 45.2 Å². The zero-order valence-corrected chi connectivity index (χ0v) is 11.8. The third-order valence-electron chi connectivity index (χ3n) is 3.50. The van der Waals surface area contributed by atoms with Gasteiger partial charge < -0.3 is 10.6 Å². The summed E-state index contributed by atoms with van der Waals surface area (Å²) in [5.74, 6) is 0.644. The van der Waals surface area contributed by atoms with Crippen molar-refractivity contribution >= 4 is 0 Å². The fraction of sp³-hybridized carbons (Fsp3) is 1.00. The summed E-state index contributed by atoms with van der Waals surface area (Å²) in [4.78, 5) is 2.56. The highest BCUT2D eigenvalue weighted by molar-refractivity contribution is 4.73. The molecule has 0 saturated heterocycles. The van der Waals surface area contributed by atoms with Crippen molar-refractivity contribution in [3.05, 3.63) is 0 Å². The Labute approximate surface area is 103 Å². The van der Waals surface area contributed by atoms with E-state index in [4.69, 9.17) is 5.73 Å². The lowest BCUT2D eigenvalue weighted by atomic mass is 9.99. The highest BCUT2D eigenvalue weighted by atomic mass is 15.1. The van der Waals surface area contributed by atoms with Crippen molar-refractivity contribution in [3.63, 3.8) is 0 Å². The van der Waals surface area contributed by atoms with Crippen LogP contribution in [0.2, 0.25) is 0 Å². The van der Waals surface area contributed by atoms with Gasteiger partial charge in [-0.25, -0.2) is 0 Å². The highest BCUT2D eigenvalue weighted by Crippen LogP contribution is 2.08. The molecule has 0 fully saturated rings. The first-order chi connectivity index (χ1) is 7.65. The maximum atomic E-state index is 6.23. The number of nitrogens with zero attached hydrogens (tertiary/aromatic N) is 1. The van der Waals surface area contributed by atoms with Gasteiger partial charge in [-0.1, -0.05) is 47.0 Å². The predicted octanol–water partition coefficient (Wildman–Crippen LogP) is 3.26. The molecule has 98 valence electrons. The van der Waals surface area contributed by atoms with Crippen LogP contribution < -0.4 is 5.73 Å². The molecule has 16 heavy (non-hydrogen) atoms. The van der Waals surface area contributed by atoms with Crippen molar-refractivity contribution in [3.8, 4) is 0 Å². The van der Waals surface area contributed by atoms with Gasteiger partial charge in [0.05, 0.1) is 0 Å². The minimum absolute atomic E-state index is 0.346. The lowest BCUT2D eigenvalue weighted by Crippen LogP contribution is -2.42. The smallest absolute Gasteiger partial charge is 0.0193 e. The lowest BCUT2D eigenvalue weighted by Gasteiger charge is -2.28. The molecule has 0 heterocycles. The van der Waals surface area contributed by atoms with Crippen molar-refractivity contribution in [1.82, 2.24) is 4.90 Å². The summed E-state index contributed by atoms with van der Waals surface area (Å²) < 4.78 is 0. The second kappa shape index (κ2) is 10.1. The maximum Gasteiger partial charge on any atom is 0.0193 e. The van der Waals surface area contributed by atoms with Gasteiger partial charge in [0.1, 0.15) is 0 Å². The quantitative estimate of drug-likeness (QED) is 0.622. The molecule has 2 atom stereocenters. The second-order valence-corrected chi connectivity index (χ2v) is 5.06. The van der Waals surface area contributed by atoms with Gasteiger partial charge in [0.15, 0.2) is 0 Å². The molecule has 0 radical (unpaired) electrons. The Hall–Kier alpha value is -0.0800. The molecule has 0 unspecified atom stereocenters. The molecule has 0 aliphatic carbocycles. The number of hydrogen-bond donors (Lipinski definition) is 1. The first-order valence-electron chi connectivity index (χ1n) is 7.13. The van der Waals surface area contributed by atoms with Crippen LogP contribution in [-0.4, -0.2) is 30.6 Å². The largest absolute Gasteiger partial charge is 0.326 e. The molecule has 0 aliphatic rings. The molecule has 0 aliphatic heterocycles. The van der Waals surface area contributed by atoms with E-state index in [-0.39, 0.29) is 0 Å². The molecule has 0 aromatic carbocycles. The molecular formula is C14H32N2. The molecule has 0 rings (SSSR count). The van der Waals surface area contributed by atoms with Gasteiger partial charge in [0.2, 0.25) is 0 Å². The van der Waals surface area contributed by atoms with Crippen molar-refractivity contribution in [2.24, 2.45) is 11.7 Å². The molecule has 0 spiro atoms. The average Bonchev–Trinajstić information content (AvgIpc) is 2.31. The molecule has 0 aromatic rings. The minimum Gasteiger partial charge on any atom is -0.326 e. The molecule has 0 bridgehead atoms. The van der Waals surface area contributed by atoms with Gasteiger partial charge in [0.25, 0.3) is 0 Å². The van der Waals surface area contributed by atoms with Crippen molar-refractivity contribution in [2.45, 2.75) is 65.8 Å². The summed E-state index contributed by atoms with van der Waals surface area (Å²) in [5, 5.41) is 0. The van der Waals surface area contributed by atoms with E-state index in [1.54, 1.807) is 0 Å². The zero-order chi connectivity index (χ0) is 12.4. The van der Waals surface area contributed by atoms with Crippen LogP contribution in [-0.2, 0) is 0 Å². The van der Waals surface area contributed by atoms with E-state index in [0.717, 1.165) is 6.54 Å². The molecular weight excluding hydrogens is 196 g/mol. The van der Waals surface area contributed by atoms with Gasteiger partial charge in [-0.3, -0.25) is 0 Å². The molecule has 2 N–H and O–H groups in total. The summed E-state index contributed by atoms with van der Waals surface area (Å²) in [6.07, 6.45) is 6.35. The second-order valence-electron chi connectivity index (χ2n) is 5.06. The van der Waals surface area contributed by atoms with Crippen LogP contribution >= 0.6 is 0 Å². The van der Waals surface area contributed by atoms with Crippen LogP contribution in [0, 0.1) is 5.92 Å². The van der Waals surface area contributed by atoms with Gasteiger partial charge >= 0.3 is 0 Å². The van der Waals surface area contributed by atoms with Crippen molar-refractivity contribution in [2.75, 3.05) is 19.6 Å². The van der Waals surface area contributed by atoms with E-state index in [2.05, 4.69) is 32.6 Å². The summed E-state index contributed by atoms with van der Waals surface area (Å²) >= 11 is 0. The van der Waals surface area contributed by atoms with Crippen LogP contribution in [0.3, 0.4) is 0 Å². The van der Waals surface area contributed by atoms with E-state index >= 15 is 0 Å². The third kappa shape index (κ3) is 7.24. The molecule has 0 amide bonds. The van der Waals surface area contributed by atoms with E-state index < -0.39 is 0 Å². The van der Waals surface area contributed by atoms with Gasteiger partial charge in [-0.05, 0) is 31.8 Å². The monoisotopic (exact) mass is 228 g/mol. The van der Waals surface area contributed by atoms with Crippen molar-refractivity contribution in [1.29, 1.82) is 0 Å². The Morgan fingerprint density at radius 3 is 1.88 bits per heavy atom. The van der Waals surface area contributed by atoms with E-state index in [1.807, 2.05) is 0 Å². The fourth-order valence-electron chi connectivity index (χ4n) is 1.84. The maximum absolute atomic E-state index is 6.23. The molecule has 2 nitrogen and oxygen atoms in total. The van der Waals surface area contributed by atoms with Crippen LogP contribution in [0.25, 0.3) is 0 Å². The summed E-state index contributed by atoms with van der Waals surface area (Å²) in [6, 6.07) is 0.346. The summed E-state index contributed by atoms with van der Waals surface area (Å²) in [6.45, 7) is 12.5. The van der Waals surface area contributed by atoms with Crippen LogP contribution in [0.1, 0.15) is 59.8 Å². The SMILES string of the molecule is CCCCN(CCCC)C[C@@H](N)[C@@H](C)CC. The third-order valence-corrected chi connectivity index (χ3v) is 3.50. The Morgan fingerprint density at radius 2 is 1.50 bits per heavy atom. The number of unbranched alkanes of at least 4 members (excludes halogenated alkanes) is 2. The molecule has 2 heteroatoms. The zero-order valence-electron chi connectivity index (χ0n) is 11.8. The van der Waals surface area contributed by atoms with Gasteiger partial charge in [0, 0.05) is 12.6 Å². The highest BCUT2D eigenvalue weighted by Gasteiger charge is 2.14. The Bertz CT molecular complexity index is 140. The van der Waals surface area contributed by atoms with Crippen LogP contribution in [0.4, 0.5) is 0 Å². The van der Waals surface area contributed by atoms with Gasteiger partial charge in [-0.15, -0.1) is 0 Å². The number of hydrogen-bond acceptors (Lipinski definition) is 2. The van der Waals surface area contributed by atoms with Gasteiger partial charge in [-0.2, -0.15) is 0 Å². The predicted molar refractivity (Wildman–Crippen MR) is 73.7 cm³/mol. The van der Waals surface area contributed by atoms with Crippen molar-refractivity contribution < 1.29 is 0 Å². The minimum atomic E-state index is 0.346. The van der Waals surface area contributed by atoms with E-state index in [9.17, 15) is 0 Å². The summed E-state index contributed by atoms with van der Waals surface area (Å²) in [5.41, 5.74) is 6.23. The lowest BCUT2D eigenvalue weighted by molar-refractivity contribution is 0.226. The van der Waals surface area contributed by atoms with Crippen LogP contribution in [0.15, 0.2) is 0 Å². The Morgan fingerprint density at radius 1 is 1.00 bits per heavy atom. The molecule has 0 aromatic heterocycles. The van der Waals surface area contributed by atoms with E-state index in [0.29, 0.717) is 12.0 Å². The average molecular weight is 228 g/mol. The standard InChI is InChI=1S/C14H32N2/c1-5-8-10-16(11-9-6-2)12-14(15)13(4)7-3/h13-14H,5-12,15H2,1-4H3/t13-,14+/m0/s1.